The van der Waals surface area contributed by atoms with Crippen LogP contribution in [0.5, 0.6) is 0 Å². The third-order valence-corrected chi connectivity index (χ3v) is 4.08. The molecule has 0 bridgehead atoms. The van der Waals surface area contributed by atoms with Gasteiger partial charge in [-0.15, -0.1) is 0 Å². The molecule has 1 saturated carbocycles. The molecule has 0 radical (unpaired) electrons. The quantitative estimate of drug-likeness (QED) is 0.733. The van der Waals surface area contributed by atoms with E-state index in [1.165, 1.54) is 25.7 Å². The maximum atomic E-state index is 10.0. The Morgan fingerprint density at radius 2 is 1.84 bits per heavy atom. The zero-order valence-electron chi connectivity index (χ0n) is 13.0. The predicted octanol–water partition coefficient (Wildman–Crippen LogP) is 1.91. The first-order valence-electron chi connectivity index (χ1n) is 7.51. The van der Waals surface area contributed by atoms with E-state index in [9.17, 15) is 5.11 Å². The van der Waals surface area contributed by atoms with E-state index in [2.05, 4.69) is 18.9 Å². The van der Waals surface area contributed by atoms with Gasteiger partial charge in [0.1, 0.15) is 0 Å². The molecule has 0 aliphatic heterocycles. The SMILES string of the molecule is COCC(C)OCC(O)CN(C)C1CCC(C)CC1. The number of aliphatic hydroxyl groups is 1. The van der Waals surface area contributed by atoms with Gasteiger partial charge in [-0.3, -0.25) is 0 Å². The van der Waals surface area contributed by atoms with Crippen LogP contribution < -0.4 is 0 Å². The third-order valence-electron chi connectivity index (χ3n) is 4.08. The van der Waals surface area contributed by atoms with Gasteiger partial charge < -0.3 is 19.5 Å². The smallest absolute Gasteiger partial charge is 0.0900 e. The molecule has 1 aliphatic carbocycles. The lowest BCUT2D eigenvalue weighted by Gasteiger charge is -2.34. The van der Waals surface area contributed by atoms with Crippen molar-refractivity contribution < 1.29 is 14.6 Å². The predicted molar refractivity (Wildman–Crippen MR) is 77.3 cm³/mol. The molecule has 0 heterocycles. The fourth-order valence-electron chi connectivity index (χ4n) is 2.78. The van der Waals surface area contributed by atoms with E-state index in [0.29, 0.717) is 25.8 Å². The number of likely N-dealkylation sites (N-methyl/N-ethyl adjacent to an activating group) is 1. The van der Waals surface area contributed by atoms with E-state index in [4.69, 9.17) is 9.47 Å². The van der Waals surface area contributed by atoms with Crippen LogP contribution in [0, 0.1) is 5.92 Å². The summed E-state index contributed by atoms with van der Waals surface area (Å²) in [5.41, 5.74) is 0. The van der Waals surface area contributed by atoms with Crippen molar-refractivity contribution in [1.82, 2.24) is 4.90 Å². The maximum absolute atomic E-state index is 10.0. The Hall–Kier alpha value is -0.160. The largest absolute Gasteiger partial charge is 0.389 e. The van der Waals surface area contributed by atoms with Gasteiger partial charge in [0.15, 0.2) is 0 Å². The average molecular weight is 273 g/mol. The normalized spacial score (nSPS) is 27.5. The van der Waals surface area contributed by atoms with E-state index in [0.717, 1.165) is 5.92 Å². The highest BCUT2D eigenvalue weighted by atomic mass is 16.5. The summed E-state index contributed by atoms with van der Waals surface area (Å²) in [6.45, 7) is 5.94. The highest BCUT2D eigenvalue weighted by molar-refractivity contribution is 4.77. The second-order valence-corrected chi connectivity index (χ2v) is 6.11. The molecule has 0 amide bonds. The molecule has 0 aromatic carbocycles. The molecule has 4 heteroatoms. The summed E-state index contributed by atoms with van der Waals surface area (Å²) in [6.07, 6.45) is 4.76. The molecule has 1 N–H and O–H groups in total. The summed E-state index contributed by atoms with van der Waals surface area (Å²) >= 11 is 0. The van der Waals surface area contributed by atoms with Crippen LogP contribution in [0.1, 0.15) is 39.5 Å². The second kappa shape index (κ2) is 8.90. The van der Waals surface area contributed by atoms with Crippen molar-refractivity contribution in [2.75, 3.05) is 33.9 Å². The Morgan fingerprint density at radius 1 is 1.21 bits per heavy atom. The van der Waals surface area contributed by atoms with Crippen LogP contribution in [0.3, 0.4) is 0 Å². The Labute approximate surface area is 118 Å². The summed E-state index contributed by atoms with van der Waals surface area (Å²) in [6, 6.07) is 0.627. The fourth-order valence-corrected chi connectivity index (χ4v) is 2.78. The van der Waals surface area contributed by atoms with Crippen molar-refractivity contribution in [2.45, 2.75) is 57.8 Å². The molecule has 0 spiro atoms. The first-order chi connectivity index (χ1) is 9.02. The minimum absolute atomic E-state index is 0.0421. The number of aliphatic hydroxyl groups excluding tert-OH is 1. The molecule has 0 saturated heterocycles. The van der Waals surface area contributed by atoms with Gasteiger partial charge in [0.05, 0.1) is 25.4 Å². The molecule has 0 aromatic rings. The summed E-state index contributed by atoms with van der Waals surface area (Å²) in [7, 11) is 3.77. The molecule has 0 aromatic heterocycles. The van der Waals surface area contributed by atoms with E-state index < -0.39 is 6.10 Å². The minimum atomic E-state index is -0.413. The van der Waals surface area contributed by atoms with E-state index in [-0.39, 0.29) is 6.10 Å². The molecular weight excluding hydrogens is 242 g/mol. The Balaban J connectivity index is 2.18. The minimum Gasteiger partial charge on any atom is -0.389 e. The van der Waals surface area contributed by atoms with Gasteiger partial charge in [0.2, 0.25) is 0 Å². The summed E-state index contributed by atoms with van der Waals surface area (Å²) in [5.74, 6) is 0.868. The second-order valence-electron chi connectivity index (χ2n) is 6.11. The molecule has 114 valence electrons. The van der Waals surface area contributed by atoms with Crippen molar-refractivity contribution >= 4 is 0 Å². The van der Waals surface area contributed by atoms with E-state index >= 15 is 0 Å². The van der Waals surface area contributed by atoms with E-state index in [1.54, 1.807) is 7.11 Å². The zero-order valence-corrected chi connectivity index (χ0v) is 13.0. The summed E-state index contributed by atoms with van der Waals surface area (Å²) < 4.78 is 10.6. The van der Waals surface area contributed by atoms with Gasteiger partial charge in [-0.1, -0.05) is 6.92 Å². The van der Waals surface area contributed by atoms with Crippen LogP contribution in [0.15, 0.2) is 0 Å². The molecule has 1 fully saturated rings. The molecule has 19 heavy (non-hydrogen) atoms. The topological polar surface area (TPSA) is 41.9 Å². The monoisotopic (exact) mass is 273 g/mol. The van der Waals surface area contributed by atoms with Gasteiger partial charge in [-0.05, 0) is 45.6 Å². The molecule has 1 aliphatic rings. The standard InChI is InChI=1S/C15H31NO3/c1-12-5-7-14(8-6-12)16(3)9-15(17)11-19-13(2)10-18-4/h12-15,17H,5-11H2,1-4H3. The van der Waals surface area contributed by atoms with Gasteiger partial charge in [-0.2, -0.15) is 0 Å². The van der Waals surface area contributed by atoms with Crippen molar-refractivity contribution in [3.63, 3.8) is 0 Å². The number of nitrogens with zero attached hydrogens (tertiary/aromatic N) is 1. The van der Waals surface area contributed by atoms with Crippen LogP contribution in [0.25, 0.3) is 0 Å². The highest BCUT2D eigenvalue weighted by Crippen LogP contribution is 2.26. The number of hydrogen-bond acceptors (Lipinski definition) is 4. The fraction of sp³-hybridized carbons (Fsp3) is 1.00. The molecular formula is C15H31NO3. The van der Waals surface area contributed by atoms with Crippen LogP contribution in [-0.2, 0) is 9.47 Å². The zero-order chi connectivity index (χ0) is 14.3. The Kier molecular flexibility index (Phi) is 7.91. The van der Waals surface area contributed by atoms with Gasteiger partial charge in [0.25, 0.3) is 0 Å². The lowest BCUT2D eigenvalue weighted by Crippen LogP contribution is -2.41. The van der Waals surface area contributed by atoms with Crippen molar-refractivity contribution in [3.8, 4) is 0 Å². The maximum Gasteiger partial charge on any atom is 0.0900 e. The lowest BCUT2D eigenvalue weighted by molar-refractivity contribution is -0.0419. The van der Waals surface area contributed by atoms with Crippen LogP contribution in [0.2, 0.25) is 0 Å². The lowest BCUT2D eigenvalue weighted by atomic mass is 9.87. The van der Waals surface area contributed by atoms with Crippen molar-refractivity contribution in [2.24, 2.45) is 5.92 Å². The highest BCUT2D eigenvalue weighted by Gasteiger charge is 2.23. The summed E-state index contributed by atoms with van der Waals surface area (Å²) in [5, 5.41) is 10.0. The van der Waals surface area contributed by atoms with Gasteiger partial charge in [-0.25, -0.2) is 0 Å². The van der Waals surface area contributed by atoms with Crippen LogP contribution in [0.4, 0.5) is 0 Å². The molecule has 2 atom stereocenters. The molecule has 4 nitrogen and oxygen atoms in total. The van der Waals surface area contributed by atoms with Gasteiger partial charge >= 0.3 is 0 Å². The Bertz CT molecular complexity index is 229. The molecule has 2 unspecified atom stereocenters. The van der Waals surface area contributed by atoms with Gasteiger partial charge in [0, 0.05) is 19.7 Å². The third kappa shape index (κ3) is 6.70. The van der Waals surface area contributed by atoms with Crippen molar-refractivity contribution in [3.05, 3.63) is 0 Å². The van der Waals surface area contributed by atoms with Crippen LogP contribution >= 0.6 is 0 Å². The summed E-state index contributed by atoms with van der Waals surface area (Å²) in [4.78, 5) is 2.29. The number of ether oxygens (including phenoxy) is 2. The number of rotatable bonds is 8. The number of hydrogen-bond donors (Lipinski definition) is 1. The average Bonchev–Trinajstić information content (AvgIpc) is 2.37. The van der Waals surface area contributed by atoms with E-state index in [1.807, 2.05) is 6.92 Å². The number of methoxy groups -OCH3 is 1. The molecule has 1 rings (SSSR count). The Morgan fingerprint density at radius 3 is 2.42 bits per heavy atom. The van der Waals surface area contributed by atoms with Crippen LogP contribution in [-0.4, -0.2) is 62.2 Å². The first kappa shape index (κ1) is 16.9. The van der Waals surface area contributed by atoms with Crippen molar-refractivity contribution in [1.29, 1.82) is 0 Å². The first-order valence-corrected chi connectivity index (χ1v) is 7.51.